The molecule has 3 aromatic rings. The Morgan fingerprint density at radius 2 is 2.12 bits per heavy atom. The number of carbonyl (C=O) groups is 1. The molecule has 7 nitrogen and oxygen atoms in total. The van der Waals surface area contributed by atoms with Crippen LogP contribution in [0.2, 0.25) is 0 Å². The number of hydrogen-bond donors (Lipinski definition) is 4. The summed E-state index contributed by atoms with van der Waals surface area (Å²) in [6, 6.07) is 5.33. The van der Waals surface area contributed by atoms with E-state index < -0.39 is 17.5 Å². The number of H-pyrrole nitrogens is 1. The van der Waals surface area contributed by atoms with Crippen molar-refractivity contribution in [1.82, 2.24) is 15.7 Å². The Morgan fingerprint density at radius 3 is 2.85 bits per heavy atom. The van der Waals surface area contributed by atoms with E-state index in [0.717, 1.165) is 6.07 Å². The fraction of sp³-hybridized carbons (Fsp3) is 0.125. The molecule has 0 atom stereocenters. The molecule has 0 aliphatic heterocycles. The van der Waals surface area contributed by atoms with Gasteiger partial charge in [0.2, 0.25) is 0 Å². The van der Waals surface area contributed by atoms with Gasteiger partial charge in [0.25, 0.3) is 5.91 Å². The first-order valence-electron chi connectivity index (χ1n) is 7.42. The van der Waals surface area contributed by atoms with Crippen molar-refractivity contribution in [3.63, 3.8) is 0 Å². The standard InChI is InChI=1S/C16H13BrF2N4O3/c17-8-1-2-13(12(19)5-8)21-14-9(16(25)23-26-4-3-24)6-11(18)10-7-20-22-15(10)14/h1-2,5-7,21,24H,3-4H2,(H,20,22)(H,23,25). The van der Waals surface area contributed by atoms with Crippen LogP contribution in [0.25, 0.3) is 10.9 Å². The lowest BCUT2D eigenvalue weighted by atomic mass is 10.1. The molecule has 0 radical (unpaired) electrons. The topological polar surface area (TPSA) is 99.3 Å². The molecule has 0 bridgehead atoms. The van der Waals surface area contributed by atoms with E-state index in [0.29, 0.717) is 4.47 Å². The van der Waals surface area contributed by atoms with Gasteiger partial charge in [-0.3, -0.25) is 14.7 Å². The van der Waals surface area contributed by atoms with Crippen molar-refractivity contribution in [2.45, 2.75) is 0 Å². The molecular formula is C16H13BrF2N4O3. The Hall–Kier alpha value is -2.56. The summed E-state index contributed by atoms with van der Waals surface area (Å²) in [7, 11) is 0. The number of aliphatic hydroxyl groups excluding tert-OH is 1. The van der Waals surface area contributed by atoms with E-state index in [2.05, 4.69) is 36.9 Å². The number of hydroxylamine groups is 1. The third-order valence-electron chi connectivity index (χ3n) is 3.48. The first kappa shape index (κ1) is 18.2. The van der Waals surface area contributed by atoms with Crippen LogP contribution in [0, 0.1) is 11.6 Å². The molecule has 0 spiro atoms. The molecule has 3 rings (SSSR count). The highest BCUT2D eigenvalue weighted by atomic mass is 79.9. The number of nitrogens with zero attached hydrogens (tertiary/aromatic N) is 1. The molecule has 4 N–H and O–H groups in total. The first-order chi connectivity index (χ1) is 12.5. The van der Waals surface area contributed by atoms with E-state index >= 15 is 0 Å². The van der Waals surface area contributed by atoms with Gasteiger partial charge in [-0.25, -0.2) is 14.3 Å². The molecule has 2 aromatic carbocycles. The Bertz CT molecular complexity index is 964. The minimum absolute atomic E-state index is 0.0843. The third kappa shape index (κ3) is 3.66. The molecule has 1 aromatic heterocycles. The SMILES string of the molecule is O=C(NOCCO)c1cc(F)c2cn[nH]c2c1Nc1ccc(Br)cc1F. The van der Waals surface area contributed by atoms with Crippen molar-refractivity contribution in [2.24, 2.45) is 0 Å². The van der Waals surface area contributed by atoms with Crippen molar-refractivity contribution >= 4 is 44.1 Å². The minimum atomic E-state index is -0.770. The van der Waals surface area contributed by atoms with Crippen LogP contribution < -0.4 is 10.8 Å². The summed E-state index contributed by atoms with van der Waals surface area (Å²) < 4.78 is 29.0. The second kappa shape index (κ2) is 7.77. The Balaban J connectivity index is 2.06. The molecule has 10 heteroatoms. The van der Waals surface area contributed by atoms with Gasteiger partial charge in [-0.2, -0.15) is 5.10 Å². The fourth-order valence-corrected chi connectivity index (χ4v) is 2.65. The van der Waals surface area contributed by atoms with Gasteiger partial charge in [-0.05, 0) is 24.3 Å². The lowest BCUT2D eigenvalue weighted by Gasteiger charge is -2.14. The number of aromatic amines is 1. The normalized spacial score (nSPS) is 10.9. The van der Waals surface area contributed by atoms with Gasteiger partial charge in [-0.1, -0.05) is 15.9 Å². The molecular weight excluding hydrogens is 414 g/mol. The molecule has 0 unspecified atom stereocenters. The summed E-state index contributed by atoms with van der Waals surface area (Å²) >= 11 is 3.16. The van der Waals surface area contributed by atoms with Crippen molar-refractivity contribution in [2.75, 3.05) is 18.5 Å². The number of fused-ring (bicyclic) bond motifs is 1. The molecule has 136 valence electrons. The van der Waals surface area contributed by atoms with Crippen LogP contribution in [0.4, 0.5) is 20.2 Å². The van der Waals surface area contributed by atoms with E-state index in [-0.39, 0.29) is 41.1 Å². The molecule has 1 heterocycles. The van der Waals surface area contributed by atoms with Crippen LogP contribution in [0.1, 0.15) is 10.4 Å². The number of aliphatic hydroxyl groups is 1. The maximum atomic E-state index is 14.3. The average molecular weight is 427 g/mol. The number of benzene rings is 2. The first-order valence-corrected chi connectivity index (χ1v) is 8.21. The Kier molecular flexibility index (Phi) is 5.45. The zero-order chi connectivity index (χ0) is 18.7. The quantitative estimate of drug-likeness (QED) is 0.358. The van der Waals surface area contributed by atoms with Crippen LogP contribution in [0.5, 0.6) is 0 Å². The largest absolute Gasteiger partial charge is 0.394 e. The predicted octanol–water partition coefficient (Wildman–Crippen LogP) is 3.00. The number of rotatable bonds is 6. The summed E-state index contributed by atoms with van der Waals surface area (Å²) in [5, 5.41) is 18.0. The monoisotopic (exact) mass is 426 g/mol. The summed E-state index contributed by atoms with van der Waals surface area (Å²) in [4.78, 5) is 17.1. The van der Waals surface area contributed by atoms with Crippen LogP contribution in [0.3, 0.4) is 0 Å². The zero-order valence-corrected chi connectivity index (χ0v) is 14.7. The summed E-state index contributed by atoms with van der Waals surface area (Å²) in [6.45, 7) is -0.436. The van der Waals surface area contributed by atoms with Crippen molar-refractivity contribution in [3.05, 3.63) is 52.1 Å². The smallest absolute Gasteiger partial charge is 0.277 e. The van der Waals surface area contributed by atoms with Crippen LogP contribution >= 0.6 is 15.9 Å². The van der Waals surface area contributed by atoms with E-state index in [9.17, 15) is 13.6 Å². The van der Waals surface area contributed by atoms with Gasteiger partial charge < -0.3 is 10.4 Å². The third-order valence-corrected chi connectivity index (χ3v) is 3.97. The highest BCUT2D eigenvalue weighted by Gasteiger charge is 2.20. The number of nitrogens with one attached hydrogen (secondary N) is 3. The Labute approximate surface area is 154 Å². The minimum Gasteiger partial charge on any atom is -0.394 e. The highest BCUT2D eigenvalue weighted by molar-refractivity contribution is 9.10. The summed E-state index contributed by atoms with van der Waals surface area (Å²) in [6.07, 6.45) is 1.26. The number of hydrogen-bond acceptors (Lipinski definition) is 5. The highest BCUT2D eigenvalue weighted by Crippen LogP contribution is 2.32. The van der Waals surface area contributed by atoms with Gasteiger partial charge in [0.15, 0.2) is 0 Å². The molecule has 1 amide bonds. The Morgan fingerprint density at radius 1 is 1.31 bits per heavy atom. The van der Waals surface area contributed by atoms with Gasteiger partial charge in [0.1, 0.15) is 11.6 Å². The lowest BCUT2D eigenvalue weighted by molar-refractivity contribution is 0.0169. The molecule has 0 aliphatic rings. The zero-order valence-electron chi connectivity index (χ0n) is 13.1. The summed E-state index contributed by atoms with van der Waals surface area (Å²) in [5.74, 6) is -2.02. The predicted molar refractivity (Wildman–Crippen MR) is 93.9 cm³/mol. The average Bonchev–Trinajstić information content (AvgIpc) is 3.09. The second-order valence-electron chi connectivity index (χ2n) is 5.19. The molecule has 0 fully saturated rings. The van der Waals surface area contributed by atoms with Crippen molar-refractivity contribution < 1.29 is 23.5 Å². The van der Waals surface area contributed by atoms with Crippen molar-refractivity contribution in [3.8, 4) is 0 Å². The number of anilines is 2. The molecule has 0 saturated carbocycles. The molecule has 26 heavy (non-hydrogen) atoms. The van der Waals surface area contributed by atoms with E-state index in [1.165, 1.54) is 18.3 Å². The number of amides is 1. The van der Waals surface area contributed by atoms with Crippen LogP contribution in [0.15, 0.2) is 34.9 Å². The number of aromatic nitrogens is 2. The summed E-state index contributed by atoms with van der Waals surface area (Å²) in [5.41, 5.74) is 2.38. The molecule has 0 saturated heterocycles. The fourth-order valence-electron chi connectivity index (χ4n) is 2.32. The second-order valence-corrected chi connectivity index (χ2v) is 6.11. The van der Waals surface area contributed by atoms with Crippen LogP contribution in [-0.2, 0) is 4.84 Å². The van der Waals surface area contributed by atoms with E-state index in [1.54, 1.807) is 6.07 Å². The van der Waals surface area contributed by atoms with E-state index in [1.807, 2.05) is 0 Å². The van der Waals surface area contributed by atoms with Crippen molar-refractivity contribution in [1.29, 1.82) is 0 Å². The molecule has 0 aliphatic carbocycles. The maximum absolute atomic E-state index is 14.3. The van der Waals surface area contributed by atoms with Gasteiger partial charge in [0.05, 0.1) is 47.3 Å². The van der Waals surface area contributed by atoms with Crippen LogP contribution in [-0.4, -0.2) is 34.4 Å². The lowest BCUT2D eigenvalue weighted by Crippen LogP contribution is -2.26. The van der Waals surface area contributed by atoms with E-state index in [4.69, 9.17) is 9.94 Å². The van der Waals surface area contributed by atoms with Gasteiger partial charge >= 0.3 is 0 Å². The van der Waals surface area contributed by atoms with Gasteiger partial charge in [-0.15, -0.1) is 0 Å². The number of halogens is 3. The number of carbonyl (C=O) groups excluding carboxylic acids is 1. The maximum Gasteiger partial charge on any atom is 0.277 e. The van der Waals surface area contributed by atoms with Gasteiger partial charge in [0, 0.05) is 4.47 Å².